The van der Waals surface area contributed by atoms with E-state index >= 15 is 0 Å². The third-order valence-electron chi connectivity index (χ3n) is 4.38. The lowest BCUT2D eigenvalue weighted by atomic mass is 10.2. The van der Waals surface area contributed by atoms with Crippen molar-refractivity contribution in [3.63, 3.8) is 0 Å². The second-order valence-electron chi connectivity index (χ2n) is 6.21. The van der Waals surface area contributed by atoms with E-state index in [1.165, 1.54) is 29.2 Å². The molecule has 1 heterocycles. The van der Waals surface area contributed by atoms with Gasteiger partial charge in [-0.2, -0.15) is 0 Å². The maximum Gasteiger partial charge on any atom is 0.258 e. The number of sulfonamides is 1. The number of carbonyl (C=O) groups excluding carboxylic acids is 1. The van der Waals surface area contributed by atoms with Crippen LogP contribution in [0.5, 0.6) is 0 Å². The Balaban J connectivity index is 1.68. The largest absolute Gasteiger partial charge is 0.377 e. The SMILES string of the molecule is CN(C(=O)c1ccc(S(=O)(=O)NCC2CCCO2)cc1)c1ccccc1. The molecule has 0 saturated carbocycles. The third-order valence-corrected chi connectivity index (χ3v) is 5.82. The number of anilines is 1. The number of hydrogen-bond donors (Lipinski definition) is 1. The summed E-state index contributed by atoms with van der Waals surface area (Å²) < 4.78 is 32.7. The van der Waals surface area contributed by atoms with Gasteiger partial charge < -0.3 is 9.64 Å². The van der Waals surface area contributed by atoms with Crippen LogP contribution in [0.15, 0.2) is 59.5 Å². The highest BCUT2D eigenvalue weighted by Gasteiger charge is 2.21. The predicted octanol–water partition coefficient (Wildman–Crippen LogP) is 2.42. The first-order valence-electron chi connectivity index (χ1n) is 8.52. The average Bonchev–Trinajstić information content (AvgIpc) is 3.20. The Morgan fingerprint density at radius 2 is 1.85 bits per heavy atom. The van der Waals surface area contributed by atoms with E-state index in [-0.39, 0.29) is 23.5 Å². The minimum Gasteiger partial charge on any atom is -0.377 e. The lowest BCUT2D eigenvalue weighted by Gasteiger charge is -2.17. The van der Waals surface area contributed by atoms with Gasteiger partial charge in [0.05, 0.1) is 11.0 Å². The van der Waals surface area contributed by atoms with Crippen molar-refractivity contribution in [1.82, 2.24) is 4.72 Å². The quantitative estimate of drug-likeness (QED) is 0.843. The minimum absolute atomic E-state index is 0.0647. The standard InChI is InChI=1S/C19H22N2O4S/c1-21(16-6-3-2-4-7-16)19(22)15-9-11-18(12-10-15)26(23,24)20-14-17-8-5-13-25-17/h2-4,6-7,9-12,17,20H,5,8,13-14H2,1H3. The molecular formula is C19H22N2O4S. The zero-order chi connectivity index (χ0) is 18.6. The third kappa shape index (κ3) is 4.30. The van der Waals surface area contributed by atoms with Gasteiger partial charge in [0.15, 0.2) is 0 Å². The van der Waals surface area contributed by atoms with E-state index < -0.39 is 10.0 Å². The Morgan fingerprint density at radius 1 is 1.15 bits per heavy atom. The van der Waals surface area contributed by atoms with Gasteiger partial charge in [-0.05, 0) is 49.2 Å². The van der Waals surface area contributed by atoms with Crippen LogP contribution in [-0.4, -0.2) is 40.6 Å². The summed E-state index contributed by atoms with van der Waals surface area (Å²) in [5.41, 5.74) is 1.20. The van der Waals surface area contributed by atoms with Crippen LogP contribution in [0.25, 0.3) is 0 Å². The fraction of sp³-hybridized carbons (Fsp3) is 0.316. The second kappa shape index (κ2) is 7.99. The number of nitrogens with zero attached hydrogens (tertiary/aromatic N) is 1. The van der Waals surface area contributed by atoms with Gasteiger partial charge in [-0.25, -0.2) is 13.1 Å². The molecule has 1 aliphatic rings. The van der Waals surface area contributed by atoms with Crippen LogP contribution < -0.4 is 9.62 Å². The average molecular weight is 374 g/mol. The molecule has 6 nitrogen and oxygen atoms in total. The molecule has 26 heavy (non-hydrogen) atoms. The molecule has 0 aliphatic carbocycles. The Bertz CT molecular complexity index is 845. The lowest BCUT2D eigenvalue weighted by Crippen LogP contribution is -2.32. The van der Waals surface area contributed by atoms with E-state index in [9.17, 15) is 13.2 Å². The van der Waals surface area contributed by atoms with Gasteiger partial charge in [0.25, 0.3) is 5.91 Å². The molecule has 1 aliphatic heterocycles. The van der Waals surface area contributed by atoms with Gasteiger partial charge >= 0.3 is 0 Å². The second-order valence-corrected chi connectivity index (χ2v) is 7.98. The Hall–Kier alpha value is -2.22. The summed E-state index contributed by atoms with van der Waals surface area (Å²) in [6, 6.07) is 15.2. The Labute approximate surface area is 153 Å². The van der Waals surface area contributed by atoms with Crippen LogP contribution in [0.3, 0.4) is 0 Å². The van der Waals surface area contributed by atoms with E-state index in [0.717, 1.165) is 18.5 Å². The van der Waals surface area contributed by atoms with Crippen molar-refractivity contribution in [1.29, 1.82) is 0 Å². The summed E-state index contributed by atoms with van der Waals surface area (Å²) in [6.45, 7) is 0.942. The normalized spacial score (nSPS) is 17.2. The van der Waals surface area contributed by atoms with Gasteiger partial charge in [0.2, 0.25) is 10.0 Å². The van der Waals surface area contributed by atoms with Crippen molar-refractivity contribution in [3.05, 3.63) is 60.2 Å². The van der Waals surface area contributed by atoms with Crippen molar-refractivity contribution >= 4 is 21.6 Å². The molecule has 1 unspecified atom stereocenters. The number of para-hydroxylation sites is 1. The number of rotatable bonds is 6. The maximum absolute atomic E-state index is 12.6. The molecule has 7 heteroatoms. The maximum atomic E-state index is 12.6. The van der Waals surface area contributed by atoms with Crippen molar-refractivity contribution < 1.29 is 17.9 Å². The fourth-order valence-corrected chi connectivity index (χ4v) is 3.90. The van der Waals surface area contributed by atoms with Gasteiger partial charge in [0, 0.05) is 31.5 Å². The van der Waals surface area contributed by atoms with Crippen molar-refractivity contribution in [2.24, 2.45) is 0 Å². The topological polar surface area (TPSA) is 75.7 Å². The zero-order valence-corrected chi connectivity index (χ0v) is 15.4. The van der Waals surface area contributed by atoms with Crippen molar-refractivity contribution in [2.45, 2.75) is 23.8 Å². The molecule has 0 spiro atoms. The molecule has 0 radical (unpaired) electrons. The van der Waals surface area contributed by atoms with Gasteiger partial charge in [-0.3, -0.25) is 4.79 Å². The number of ether oxygens (including phenoxy) is 1. The summed E-state index contributed by atoms with van der Waals surface area (Å²) in [4.78, 5) is 14.2. The van der Waals surface area contributed by atoms with Crippen LogP contribution in [0, 0.1) is 0 Å². The highest BCUT2D eigenvalue weighted by atomic mass is 32.2. The summed E-state index contributed by atoms with van der Waals surface area (Å²) in [6.07, 6.45) is 1.75. The fourth-order valence-electron chi connectivity index (χ4n) is 2.83. The molecule has 1 amide bonds. The van der Waals surface area contributed by atoms with Crippen LogP contribution in [0.1, 0.15) is 23.2 Å². The van der Waals surface area contributed by atoms with Gasteiger partial charge in [-0.15, -0.1) is 0 Å². The molecule has 0 bridgehead atoms. The molecule has 2 aromatic carbocycles. The molecular weight excluding hydrogens is 352 g/mol. The minimum atomic E-state index is -3.62. The Morgan fingerprint density at radius 3 is 2.46 bits per heavy atom. The zero-order valence-electron chi connectivity index (χ0n) is 14.6. The first-order chi connectivity index (χ1) is 12.5. The molecule has 138 valence electrons. The highest BCUT2D eigenvalue weighted by Crippen LogP contribution is 2.17. The summed E-state index contributed by atoms with van der Waals surface area (Å²) in [5.74, 6) is -0.201. The highest BCUT2D eigenvalue weighted by molar-refractivity contribution is 7.89. The molecule has 1 N–H and O–H groups in total. The van der Waals surface area contributed by atoms with Gasteiger partial charge in [-0.1, -0.05) is 18.2 Å². The smallest absolute Gasteiger partial charge is 0.258 e. The van der Waals surface area contributed by atoms with E-state index in [4.69, 9.17) is 4.74 Å². The summed E-state index contributed by atoms with van der Waals surface area (Å²) >= 11 is 0. The summed E-state index contributed by atoms with van der Waals surface area (Å²) in [7, 11) is -1.93. The molecule has 1 fully saturated rings. The first kappa shape index (κ1) is 18.6. The van der Waals surface area contributed by atoms with Gasteiger partial charge in [0.1, 0.15) is 0 Å². The summed E-state index contributed by atoms with van der Waals surface area (Å²) in [5, 5.41) is 0. The van der Waals surface area contributed by atoms with Crippen molar-refractivity contribution in [3.8, 4) is 0 Å². The monoisotopic (exact) mass is 374 g/mol. The molecule has 3 rings (SSSR count). The van der Waals surface area contributed by atoms with E-state index in [1.54, 1.807) is 7.05 Å². The number of hydrogen-bond acceptors (Lipinski definition) is 4. The molecule has 1 saturated heterocycles. The molecule has 1 atom stereocenters. The van der Waals surface area contributed by atoms with Crippen LogP contribution >= 0.6 is 0 Å². The van der Waals surface area contributed by atoms with Crippen LogP contribution in [0.2, 0.25) is 0 Å². The van der Waals surface area contributed by atoms with E-state index in [0.29, 0.717) is 12.2 Å². The van der Waals surface area contributed by atoms with Crippen LogP contribution in [0.4, 0.5) is 5.69 Å². The molecule has 0 aromatic heterocycles. The Kier molecular flexibility index (Phi) is 5.70. The predicted molar refractivity (Wildman–Crippen MR) is 99.8 cm³/mol. The van der Waals surface area contributed by atoms with E-state index in [2.05, 4.69) is 4.72 Å². The van der Waals surface area contributed by atoms with E-state index in [1.807, 2.05) is 30.3 Å². The molecule has 2 aromatic rings. The lowest BCUT2D eigenvalue weighted by molar-refractivity contribution is 0.0993. The number of nitrogens with one attached hydrogen (secondary N) is 1. The number of carbonyl (C=O) groups is 1. The number of amides is 1. The number of benzene rings is 2. The van der Waals surface area contributed by atoms with Crippen molar-refractivity contribution in [2.75, 3.05) is 25.1 Å². The first-order valence-corrected chi connectivity index (χ1v) is 10.00. The van der Waals surface area contributed by atoms with Crippen LogP contribution in [-0.2, 0) is 14.8 Å².